The summed E-state index contributed by atoms with van der Waals surface area (Å²) in [6.45, 7) is 0. The molecule has 3 rings (SSSR count). The van der Waals surface area contributed by atoms with Crippen LogP contribution in [0.15, 0.2) is 22.7 Å². The average molecular weight is 323 g/mol. The van der Waals surface area contributed by atoms with Crippen molar-refractivity contribution >= 4 is 27.7 Å². The minimum Gasteiger partial charge on any atom is -0.328 e. The molecule has 1 saturated carbocycles. The number of imide groups is 1. The molecule has 100 valence electrons. The quantitative estimate of drug-likeness (QED) is 0.807. The Hall–Kier alpha value is -1.20. The molecule has 2 aliphatic rings. The molecule has 1 fully saturated rings. The van der Waals surface area contributed by atoms with Crippen molar-refractivity contribution in [1.29, 1.82) is 0 Å². The third-order valence-electron chi connectivity index (χ3n) is 4.00. The van der Waals surface area contributed by atoms with Gasteiger partial charge in [0.1, 0.15) is 0 Å². The van der Waals surface area contributed by atoms with Gasteiger partial charge in [0.05, 0.1) is 11.1 Å². The van der Waals surface area contributed by atoms with Crippen LogP contribution in [0.1, 0.15) is 46.4 Å². The van der Waals surface area contributed by atoms with Crippen LogP contribution in [0.3, 0.4) is 0 Å². The van der Waals surface area contributed by atoms with Crippen LogP contribution in [0.4, 0.5) is 0 Å². The monoisotopic (exact) mass is 322 g/mol. The van der Waals surface area contributed by atoms with Gasteiger partial charge in [0.15, 0.2) is 0 Å². The number of halogens is 1. The van der Waals surface area contributed by atoms with Crippen molar-refractivity contribution < 1.29 is 9.59 Å². The van der Waals surface area contributed by atoms with Crippen LogP contribution in [-0.4, -0.2) is 28.8 Å². The van der Waals surface area contributed by atoms with Gasteiger partial charge < -0.3 is 5.73 Å². The number of amides is 2. The summed E-state index contributed by atoms with van der Waals surface area (Å²) in [5.74, 6) is -0.338. The Balaban J connectivity index is 1.92. The summed E-state index contributed by atoms with van der Waals surface area (Å²) in [6, 6.07) is 5.50. The summed E-state index contributed by atoms with van der Waals surface area (Å²) < 4.78 is 0.693. The SMILES string of the molecule is NC1CCC(N2C(=O)c3cccc(Br)c3C2=O)CC1. The topological polar surface area (TPSA) is 63.4 Å². The molecule has 5 heteroatoms. The molecule has 0 radical (unpaired) electrons. The normalized spacial score (nSPS) is 26.7. The molecular formula is C14H15BrN2O2. The first-order valence-corrected chi connectivity index (χ1v) is 7.31. The summed E-state index contributed by atoms with van der Waals surface area (Å²) in [4.78, 5) is 26.3. The lowest BCUT2D eigenvalue weighted by atomic mass is 9.91. The maximum absolute atomic E-state index is 12.5. The van der Waals surface area contributed by atoms with E-state index >= 15 is 0 Å². The van der Waals surface area contributed by atoms with E-state index in [2.05, 4.69) is 15.9 Å². The summed E-state index contributed by atoms with van der Waals surface area (Å²) in [5.41, 5.74) is 6.89. The van der Waals surface area contributed by atoms with Crippen LogP contribution in [0.25, 0.3) is 0 Å². The van der Waals surface area contributed by atoms with Gasteiger partial charge in [0, 0.05) is 16.6 Å². The molecule has 1 heterocycles. The molecule has 1 aliphatic carbocycles. The largest absolute Gasteiger partial charge is 0.328 e. The molecular weight excluding hydrogens is 308 g/mol. The number of rotatable bonds is 1. The molecule has 0 unspecified atom stereocenters. The fraction of sp³-hybridized carbons (Fsp3) is 0.429. The van der Waals surface area contributed by atoms with Crippen LogP contribution >= 0.6 is 15.9 Å². The van der Waals surface area contributed by atoms with Gasteiger partial charge in [-0.3, -0.25) is 14.5 Å². The highest BCUT2D eigenvalue weighted by atomic mass is 79.9. The lowest BCUT2D eigenvalue weighted by Crippen LogP contribution is -2.43. The van der Waals surface area contributed by atoms with Gasteiger partial charge in [-0.2, -0.15) is 0 Å². The van der Waals surface area contributed by atoms with Crippen LogP contribution in [0.2, 0.25) is 0 Å². The van der Waals surface area contributed by atoms with E-state index in [-0.39, 0.29) is 23.9 Å². The van der Waals surface area contributed by atoms with E-state index < -0.39 is 0 Å². The average Bonchev–Trinajstić information content (AvgIpc) is 2.65. The fourth-order valence-electron chi connectivity index (χ4n) is 2.95. The van der Waals surface area contributed by atoms with Crippen molar-refractivity contribution in [1.82, 2.24) is 4.90 Å². The minimum atomic E-state index is -0.173. The third-order valence-corrected chi connectivity index (χ3v) is 4.66. The minimum absolute atomic E-state index is 0.000833. The lowest BCUT2D eigenvalue weighted by molar-refractivity contribution is 0.0542. The molecule has 0 bridgehead atoms. The Bertz CT molecular complexity index is 550. The first-order chi connectivity index (χ1) is 9.09. The maximum atomic E-state index is 12.5. The molecule has 1 aromatic rings. The second kappa shape index (κ2) is 4.72. The van der Waals surface area contributed by atoms with Gasteiger partial charge in [0.2, 0.25) is 0 Å². The van der Waals surface area contributed by atoms with Gasteiger partial charge in [-0.25, -0.2) is 0 Å². The second-order valence-electron chi connectivity index (χ2n) is 5.21. The lowest BCUT2D eigenvalue weighted by Gasteiger charge is -2.31. The molecule has 2 N–H and O–H groups in total. The standard InChI is InChI=1S/C14H15BrN2O2/c15-11-3-1-2-10-12(11)14(19)17(13(10)18)9-6-4-8(16)5-7-9/h1-3,8-9H,4-7,16H2. The Labute approximate surface area is 120 Å². The number of fused-ring (bicyclic) bond motifs is 1. The van der Waals surface area contributed by atoms with Crippen molar-refractivity contribution in [2.45, 2.75) is 37.8 Å². The van der Waals surface area contributed by atoms with Crippen molar-refractivity contribution in [3.8, 4) is 0 Å². The summed E-state index contributed by atoms with van der Waals surface area (Å²) in [6.07, 6.45) is 3.37. The number of nitrogens with zero attached hydrogens (tertiary/aromatic N) is 1. The van der Waals surface area contributed by atoms with Crippen LogP contribution in [-0.2, 0) is 0 Å². The zero-order chi connectivity index (χ0) is 13.6. The van der Waals surface area contributed by atoms with E-state index in [0.29, 0.717) is 15.6 Å². The number of hydrogen-bond acceptors (Lipinski definition) is 3. The number of nitrogens with two attached hydrogens (primary N) is 1. The highest BCUT2D eigenvalue weighted by molar-refractivity contribution is 9.10. The molecule has 0 saturated heterocycles. The van der Waals surface area contributed by atoms with E-state index in [1.54, 1.807) is 18.2 Å². The summed E-state index contributed by atoms with van der Waals surface area (Å²) in [7, 11) is 0. The van der Waals surface area contributed by atoms with Crippen molar-refractivity contribution in [3.05, 3.63) is 33.8 Å². The Kier molecular flexibility index (Phi) is 3.19. The van der Waals surface area contributed by atoms with Gasteiger partial charge in [-0.15, -0.1) is 0 Å². The molecule has 0 aromatic heterocycles. The first kappa shape index (κ1) is 12.8. The number of carbonyl (C=O) groups is 2. The fourth-order valence-corrected chi connectivity index (χ4v) is 3.49. The molecule has 19 heavy (non-hydrogen) atoms. The van der Waals surface area contributed by atoms with Crippen molar-refractivity contribution in [3.63, 3.8) is 0 Å². The number of benzene rings is 1. The molecule has 1 aliphatic heterocycles. The van der Waals surface area contributed by atoms with E-state index in [1.165, 1.54) is 4.90 Å². The van der Waals surface area contributed by atoms with Gasteiger partial charge in [-0.05, 0) is 53.7 Å². The molecule has 1 aromatic carbocycles. The zero-order valence-electron chi connectivity index (χ0n) is 10.4. The van der Waals surface area contributed by atoms with E-state index in [1.807, 2.05) is 0 Å². The predicted molar refractivity (Wildman–Crippen MR) is 74.9 cm³/mol. The Morgan fingerprint density at radius 1 is 1.11 bits per heavy atom. The van der Waals surface area contributed by atoms with Gasteiger partial charge in [0.25, 0.3) is 11.8 Å². The second-order valence-corrected chi connectivity index (χ2v) is 6.07. The van der Waals surface area contributed by atoms with E-state index in [4.69, 9.17) is 5.73 Å². The third kappa shape index (κ3) is 2.01. The smallest absolute Gasteiger partial charge is 0.262 e. The Morgan fingerprint density at radius 3 is 2.42 bits per heavy atom. The highest BCUT2D eigenvalue weighted by Gasteiger charge is 2.41. The maximum Gasteiger partial charge on any atom is 0.262 e. The predicted octanol–water partition coefficient (Wildman–Crippen LogP) is 2.31. The van der Waals surface area contributed by atoms with E-state index in [9.17, 15) is 9.59 Å². The molecule has 0 spiro atoms. The van der Waals surface area contributed by atoms with Gasteiger partial charge in [-0.1, -0.05) is 6.07 Å². The highest BCUT2D eigenvalue weighted by Crippen LogP contribution is 2.34. The number of carbonyl (C=O) groups excluding carboxylic acids is 2. The van der Waals surface area contributed by atoms with Crippen molar-refractivity contribution in [2.75, 3.05) is 0 Å². The molecule has 0 atom stereocenters. The molecule has 4 nitrogen and oxygen atoms in total. The van der Waals surface area contributed by atoms with Crippen LogP contribution in [0.5, 0.6) is 0 Å². The number of hydrogen-bond donors (Lipinski definition) is 1. The summed E-state index contributed by atoms with van der Waals surface area (Å²) in [5, 5.41) is 0. The van der Waals surface area contributed by atoms with Crippen molar-refractivity contribution in [2.24, 2.45) is 5.73 Å². The van der Waals surface area contributed by atoms with E-state index in [0.717, 1.165) is 25.7 Å². The van der Waals surface area contributed by atoms with Crippen LogP contribution < -0.4 is 5.73 Å². The van der Waals surface area contributed by atoms with Gasteiger partial charge >= 0.3 is 0 Å². The molecule has 2 amide bonds. The Morgan fingerprint density at radius 2 is 1.79 bits per heavy atom. The van der Waals surface area contributed by atoms with Crippen LogP contribution in [0, 0.1) is 0 Å². The zero-order valence-corrected chi connectivity index (χ0v) is 12.0. The first-order valence-electron chi connectivity index (χ1n) is 6.51. The summed E-state index contributed by atoms with van der Waals surface area (Å²) >= 11 is 3.36.